The van der Waals surface area contributed by atoms with Crippen molar-refractivity contribution in [3.05, 3.63) is 51.0 Å². The van der Waals surface area contributed by atoms with Crippen LogP contribution in [-0.2, 0) is 0 Å². The van der Waals surface area contributed by atoms with Gasteiger partial charge in [-0.15, -0.1) is 0 Å². The van der Waals surface area contributed by atoms with Crippen LogP contribution in [0.5, 0.6) is 0 Å². The molecule has 0 spiro atoms. The van der Waals surface area contributed by atoms with Crippen LogP contribution in [0, 0.1) is 0 Å². The Morgan fingerprint density at radius 1 is 1.00 bits per heavy atom. The first kappa shape index (κ1) is 14.8. The molecule has 0 aliphatic rings. The quantitative estimate of drug-likeness (QED) is 0.742. The van der Waals surface area contributed by atoms with Crippen molar-refractivity contribution < 1.29 is 4.79 Å². The minimum atomic E-state index is -0.644. The van der Waals surface area contributed by atoms with Crippen molar-refractivity contribution in [2.24, 2.45) is 5.73 Å². The van der Waals surface area contributed by atoms with Crippen LogP contribution in [-0.4, -0.2) is 5.91 Å². The smallest absolute Gasteiger partial charge is 0.250 e. The maximum absolute atomic E-state index is 11.5. The van der Waals surface area contributed by atoms with E-state index in [0.29, 0.717) is 27.1 Å². The second-order valence-corrected chi connectivity index (χ2v) is 5.35. The number of carbonyl (C=O) groups excluding carboxylic acids is 1. The molecule has 0 fully saturated rings. The lowest BCUT2D eigenvalue weighted by Gasteiger charge is -2.13. The van der Waals surface area contributed by atoms with Gasteiger partial charge in [0.05, 0.1) is 16.3 Å². The minimum absolute atomic E-state index is 0.186. The summed E-state index contributed by atoms with van der Waals surface area (Å²) in [5.74, 6) is -0.644. The van der Waals surface area contributed by atoms with Gasteiger partial charge in [0.25, 0.3) is 5.91 Å². The predicted molar refractivity (Wildman–Crippen MR) is 84.1 cm³/mol. The van der Waals surface area contributed by atoms with Gasteiger partial charge in [0.1, 0.15) is 0 Å². The van der Waals surface area contributed by atoms with E-state index in [2.05, 4.69) is 5.32 Å². The average Bonchev–Trinajstić information content (AvgIpc) is 2.30. The van der Waals surface area contributed by atoms with Crippen LogP contribution in [0.2, 0.25) is 15.1 Å². The van der Waals surface area contributed by atoms with E-state index in [4.69, 9.17) is 46.3 Å². The van der Waals surface area contributed by atoms with Crippen molar-refractivity contribution in [2.45, 2.75) is 0 Å². The molecule has 1 amide bonds. The zero-order valence-corrected chi connectivity index (χ0v) is 12.4. The third kappa shape index (κ3) is 3.28. The lowest BCUT2D eigenvalue weighted by molar-refractivity contribution is 0.100. The minimum Gasteiger partial charge on any atom is -0.399 e. The standard InChI is InChI=1S/C13H10Cl3N3O/c14-6-1-7(15)3-9(2-6)19-12-10(13(18)20)4-8(17)5-11(12)16/h1-5,19H,17H2,(H2,18,20). The molecule has 20 heavy (non-hydrogen) atoms. The first-order valence-electron chi connectivity index (χ1n) is 5.49. The number of nitrogens with two attached hydrogens (primary N) is 2. The molecule has 5 N–H and O–H groups in total. The van der Waals surface area contributed by atoms with Crippen molar-refractivity contribution in [1.29, 1.82) is 0 Å². The van der Waals surface area contributed by atoms with Crippen molar-refractivity contribution in [3.63, 3.8) is 0 Å². The van der Waals surface area contributed by atoms with E-state index < -0.39 is 5.91 Å². The van der Waals surface area contributed by atoms with Crippen LogP contribution in [0.3, 0.4) is 0 Å². The monoisotopic (exact) mass is 329 g/mol. The van der Waals surface area contributed by atoms with Crippen LogP contribution >= 0.6 is 34.8 Å². The van der Waals surface area contributed by atoms with Crippen LogP contribution in [0.4, 0.5) is 17.1 Å². The number of halogens is 3. The number of anilines is 3. The van der Waals surface area contributed by atoms with E-state index >= 15 is 0 Å². The van der Waals surface area contributed by atoms with E-state index in [1.165, 1.54) is 12.1 Å². The Kier molecular flexibility index (Phi) is 4.28. The maximum Gasteiger partial charge on any atom is 0.250 e. The van der Waals surface area contributed by atoms with Crippen molar-refractivity contribution >= 4 is 57.8 Å². The van der Waals surface area contributed by atoms with Gasteiger partial charge in [-0.1, -0.05) is 34.8 Å². The number of hydrogen-bond acceptors (Lipinski definition) is 3. The molecular formula is C13H10Cl3N3O. The molecule has 0 saturated carbocycles. The third-order valence-corrected chi connectivity index (χ3v) is 3.24. The molecule has 2 rings (SSSR count). The molecule has 104 valence electrons. The fraction of sp³-hybridized carbons (Fsp3) is 0. The zero-order valence-electron chi connectivity index (χ0n) is 10.1. The highest BCUT2D eigenvalue weighted by atomic mass is 35.5. The Balaban J connectivity index is 2.50. The number of primary amides is 1. The number of nitrogen functional groups attached to an aromatic ring is 1. The van der Waals surface area contributed by atoms with Crippen LogP contribution in [0.1, 0.15) is 10.4 Å². The molecule has 2 aromatic rings. The van der Waals surface area contributed by atoms with Gasteiger partial charge in [0, 0.05) is 21.4 Å². The molecule has 0 bridgehead atoms. The first-order valence-corrected chi connectivity index (χ1v) is 6.62. The Bertz CT molecular complexity index is 669. The summed E-state index contributed by atoms with van der Waals surface area (Å²) in [5, 5.41) is 4.15. The number of rotatable bonds is 3. The van der Waals surface area contributed by atoms with Gasteiger partial charge in [0.15, 0.2) is 0 Å². The summed E-state index contributed by atoms with van der Waals surface area (Å²) < 4.78 is 0. The van der Waals surface area contributed by atoms with Crippen LogP contribution < -0.4 is 16.8 Å². The van der Waals surface area contributed by atoms with Gasteiger partial charge >= 0.3 is 0 Å². The van der Waals surface area contributed by atoms with Crippen molar-refractivity contribution in [2.75, 3.05) is 11.1 Å². The molecule has 0 radical (unpaired) electrons. The fourth-order valence-corrected chi connectivity index (χ4v) is 2.52. The van der Waals surface area contributed by atoms with Gasteiger partial charge in [-0.25, -0.2) is 0 Å². The second kappa shape index (κ2) is 5.79. The van der Waals surface area contributed by atoms with E-state index in [9.17, 15) is 4.79 Å². The van der Waals surface area contributed by atoms with E-state index in [1.54, 1.807) is 18.2 Å². The lowest BCUT2D eigenvalue weighted by Crippen LogP contribution is -2.14. The molecule has 0 unspecified atom stereocenters. The summed E-state index contributed by atoms with van der Waals surface area (Å²) in [5.41, 5.74) is 12.4. The Morgan fingerprint density at radius 3 is 2.15 bits per heavy atom. The van der Waals surface area contributed by atoms with Gasteiger partial charge in [-0.3, -0.25) is 4.79 Å². The normalized spacial score (nSPS) is 10.3. The topological polar surface area (TPSA) is 81.1 Å². The van der Waals surface area contributed by atoms with Gasteiger partial charge in [-0.2, -0.15) is 0 Å². The first-order chi connectivity index (χ1) is 9.36. The number of amides is 1. The number of hydrogen-bond donors (Lipinski definition) is 3. The highest BCUT2D eigenvalue weighted by Gasteiger charge is 2.14. The molecule has 4 nitrogen and oxygen atoms in total. The molecular weight excluding hydrogens is 321 g/mol. The molecule has 0 heterocycles. The summed E-state index contributed by atoms with van der Waals surface area (Å²) in [6.45, 7) is 0. The molecule has 0 atom stereocenters. The molecule has 2 aromatic carbocycles. The van der Waals surface area contributed by atoms with Crippen molar-refractivity contribution in [3.8, 4) is 0 Å². The number of benzene rings is 2. The Labute approximate surface area is 130 Å². The predicted octanol–water partition coefficient (Wildman–Crippen LogP) is 4.07. The fourth-order valence-electron chi connectivity index (χ4n) is 1.72. The van der Waals surface area contributed by atoms with E-state index in [-0.39, 0.29) is 10.6 Å². The van der Waals surface area contributed by atoms with Gasteiger partial charge in [-0.05, 0) is 30.3 Å². The molecule has 7 heteroatoms. The lowest BCUT2D eigenvalue weighted by atomic mass is 10.1. The third-order valence-electron chi connectivity index (χ3n) is 2.51. The molecule has 0 aliphatic heterocycles. The van der Waals surface area contributed by atoms with Crippen LogP contribution in [0.15, 0.2) is 30.3 Å². The van der Waals surface area contributed by atoms with Crippen LogP contribution in [0.25, 0.3) is 0 Å². The zero-order chi connectivity index (χ0) is 14.9. The molecule has 0 aromatic heterocycles. The Hall–Kier alpha value is -1.62. The average molecular weight is 331 g/mol. The molecule has 0 aliphatic carbocycles. The maximum atomic E-state index is 11.5. The summed E-state index contributed by atoms with van der Waals surface area (Å²) in [4.78, 5) is 11.5. The number of nitrogens with one attached hydrogen (secondary N) is 1. The van der Waals surface area contributed by atoms with Gasteiger partial charge < -0.3 is 16.8 Å². The summed E-state index contributed by atoms with van der Waals surface area (Å²) in [6.07, 6.45) is 0. The largest absolute Gasteiger partial charge is 0.399 e. The summed E-state index contributed by atoms with van der Waals surface area (Å²) in [6, 6.07) is 7.84. The summed E-state index contributed by atoms with van der Waals surface area (Å²) in [7, 11) is 0. The van der Waals surface area contributed by atoms with Crippen molar-refractivity contribution in [1.82, 2.24) is 0 Å². The second-order valence-electron chi connectivity index (χ2n) is 4.07. The molecule has 0 saturated heterocycles. The Morgan fingerprint density at radius 2 is 1.60 bits per heavy atom. The SMILES string of the molecule is NC(=O)c1cc(N)cc(Cl)c1Nc1cc(Cl)cc(Cl)c1. The number of carbonyl (C=O) groups is 1. The highest BCUT2D eigenvalue weighted by Crippen LogP contribution is 2.33. The highest BCUT2D eigenvalue weighted by molar-refractivity contribution is 6.36. The van der Waals surface area contributed by atoms with E-state index in [1.807, 2.05) is 0 Å². The van der Waals surface area contributed by atoms with Gasteiger partial charge in [0.2, 0.25) is 0 Å². The summed E-state index contributed by atoms with van der Waals surface area (Å²) >= 11 is 17.9. The van der Waals surface area contributed by atoms with E-state index in [0.717, 1.165) is 0 Å².